The maximum atomic E-state index is 13.6. The summed E-state index contributed by atoms with van der Waals surface area (Å²) in [5, 5.41) is 12.2. The molecule has 0 atom stereocenters. The zero-order valence-electron chi connectivity index (χ0n) is 21.8. The molecule has 5 N–H and O–H groups in total. The van der Waals surface area contributed by atoms with E-state index in [-0.39, 0.29) is 11.3 Å². The van der Waals surface area contributed by atoms with E-state index in [0.29, 0.717) is 46.0 Å². The first-order valence-corrected chi connectivity index (χ1v) is 12.9. The molecule has 0 aliphatic carbocycles. The van der Waals surface area contributed by atoms with E-state index in [1.54, 1.807) is 74.4 Å². The van der Waals surface area contributed by atoms with Crippen LogP contribution >= 0.6 is 11.3 Å². The van der Waals surface area contributed by atoms with Crippen LogP contribution in [0.4, 0.5) is 11.4 Å². The van der Waals surface area contributed by atoms with Gasteiger partial charge in [0.15, 0.2) is 5.69 Å². The molecular formula is C28H29N6O4S+. The number of nitrogen functional groups attached to an aromatic ring is 2. The number of nitrogens with zero attached hydrogens (tertiary/aromatic N) is 4. The van der Waals surface area contributed by atoms with Crippen molar-refractivity contribution in [1.29, 1.82) is 0 Å². The fourth-order valence-electron chi connectivity index (χ4n) is 3.82. The van der Waals surface area contributed by atoms with Crippen LogP contribution in [0.15, 0.2) is 70.3 Å². The Bertz CT molecular complexity index is 1600. The number of aliphatic hydroxyl groups is 1. The lowest BCUT2D eigenvalue weighted by atomic mass is 9.99. The predicted octanol–water partition coefficient (Wildman–Crippen LogP) is 3.04. The number of hydrogen-bond acceptors (Lipinski definition) is 10. The van der Waals surface area contributed by atoms with Crippen LogP contribution in [0.25, 0.3) is 27.4 Å². The third-order valence-corrected chi connectivity index (χ3v) is 6.89. The molecule has 4 rings (SSSR count). The Balaban J connectivity index is 1.98. The second-order valence-corrected chi connectivity index (χ2v) is 10.3. The lowest BCUT2D eigenvalue weighted by Crippen LogP contribution is -2.50. The molecule has 0 radical (unpaired) electrons. The highest BCUT2D eigenvalue weighted by atomic mass is 32.1. The second kappa shape index (κ2) is 11.5. The van der Waals surface area contributed by atoms with Gasteiger partial charge >= 0.3 is 11.5 Å². The summed E-state index contributed by atoms with van der Waals surface area (Å²) in [5.74, 6) is -0.546. The van der Waals surface area contributed by atoms with Gasteiger partial charge in [0.1, 0.15) is 0 Å². The molecule has 3 aromatic heterocycles. The van der Waals surface area contributed by atoms with Gasteiger partial charge in [0.2, 0.25) is 5.69 Å². The number of hydrogen-bond donors (Lipinski definition) is 3. The molecule has 0 aliphatic heterocycles. The van der Waals surface area contributed by atoms with Crippen molar-refractivity contribution in [2.24, 2.45) is 4.99 Å². The summed E-state index contributed by atoms with van der Waals surface area (Å²) >= 11 is 1.31. The van der Waals surface area contributed by atoms with E-state index in [9.17, 15) is 14.7 Å². The quantitative estimate of drug-likeness (QED) is 0.132. The van der Waals surface area contributed by atoms with Gasteiger partial charge in [-0.25, -0.2) is 9.59 Å². The molecule has 4 aromatic rings. The largest absolute Gasteiger partial charge is 0.465 e. The first kappa shape index (κ1) is 27.6. The number of aliphatic imine (C=N–C) groups is 1. The minimum Gasteiger partial charge on any atom is -0.465 e. The molecule has 10 nitrogen and oxygen atoms in total. The van der Waals surface area contributed by atoms with Crippen LogP contribution < -0.4 is 21.6 Å². The molecule has 0 amide bonds. The lowest BCUT2D eigenvalue weighted by Gasteiger charge is -2.14. The Hall–Kier alpha value is -4.48. The van der Waals surface area contributed by atoms with E-state index in [0.717, 1.165) is 5.56 Å². The van der Waals surface area contributed by atoms with Crippen LogP contribution in [-0.4, -0.2) is 46.5 Å². The van der Waals surface area contributed by atoms with Crippen LogP contribution in [0.2, 0.25) is 0 Å². The Morgan fingerprint density at radius 3 is 2.56 bits per heavy atom. The zero-order valence-corrected chi connectivity index (χ0v) is 22.6. The van der Waals surface area contributed by atoms with E-state index < -0.39 is 17.1 Å². The summed E-state index contributed by atoms with van der Waals surface area (Å²) in [5.41, 5.74) is 14.9. The summed E-state index contributed by atoms with van der Waals surface area (Å²) in [6, 6.07) is 8.69. The number of methoxy groups -OCH3 is 1. The van der Waals surface area contributed by atoms with Gasteiger partial charge in [0.25, 0.3) is 5.01 Å². The average molecular weight is 546 g/mol. The number of nitrogens with two attached hydrogens (primary N) is 2. The molecule has 0 unspecified atom stereocenters. The van der Waals surface area contributed by atoms with Gasteiger partial charge in [-0.15, -0.1) is 4.57 Å². The molecular weight excluding hydrogens is 516 g/mol. The number of ether oxygens (including phenoxy) is 1. The Labute approximate surface area is 229 Å². The standard InChI is InChI=1S/C28H29N6O4S/c1-28(2,37)6-9-32-14-19-11-24(21(12-22(19)29)18-10-20(15-33-13-18)27(36)38-3)34-25(35)23(30)16-39-26(34)17-4-7-31-8-5-17/h4-5,7-8,10-16,37H,6,9,29-30H2,1-3H3/q+1. The van der Waals surface area contributed by atoms with E-state index in [1.165, 1.54) is 29.2 Å². The van der Waals surface area contributed by atoms with Crippen molar-refractivity contribution in [1.82, 2.24) is 9.97 Å². The smallest absolute Gasteiger partial charge is 0.443 e. The van der Waals surface area contributed by atoms with Crippen molar-refractivity contribution >= 4 is 34.9 Å². The monoisotopic (exact) mass is 545 g/mol. The van der Waals surface area contributed by atoms with Gasteiger partial charge in [-0.05, 0) is 44.5 Å². The molecule has 0 saturated carbocycles. The third kappa shape index (κ3) is 6.33. The number of pyridine rings is 2. The maximum absolute atomic E-state index is 13.6. The normalized spacial score (nSPS) is 11.6. The van der Waals surface area contributed by atoms with Crippen LogP contribution in [-0.2, 0) is 4.74 Å². The summed E-state index contributed by atoms with van der Waals surface area (Å²) in [6.45, 7) is 3.82. The number of carbonyl (C=O) groups is 1. The van der Waals surface area contributed by atoms with Crippen LogP contribution in [0.5, 0.6) is 0 Å². The van der Waals surface area contributed by atoms with Gasteiger partial charge in [0.05, 0.1) is 29.4 Å². The van der Waals surface area contributed by atoms with E-state index in [2.05, 4.69) is 15.0 Å². The number of rotatable bonds is 8. The number of esters is 1. The van der Waals surface area contributed by atoms with Gasteiger partial charge in [-0.1, -0.05) is 11.3 Å². The minimum atomic E-state index is -0.856. The Morgan fingerprint density at radius 2 is 1.87 bits per heavy atom. The Kier molecular flexibility index (Phi) is 8.12. The summed E-state index contributed by atoms with van der Waals surface area (Å²) in [6.07, 6.45) is 8.34. The predicted molar refractivity (Wildman–Crippen MR) is 152 cm³/mol. The van der Waals surface area contributed by atoms with Crippen LogP contribution in [0, 0.1) is 0 Å². The van der Waals surface area contributed by atoms with E-state index >= 15 is 0 Å². The zero-order chi connectivity index (χ0) is 28.2. The summed E-state index contributed by atoms with van der Waals surface area (Å²) in [7, 11) is 1.29. The van der Waals surface area contributed by atoms with Crippen molar-refractivity contribution in [3.63, 3.8) is 0 Å². The van der Waals surface area contributed by atoms with E-state index in [1.807, 2.05) is 0 Å². The number of carbonyl (C=O) groups excluding carboxylic acids is 1. The van der Waals surface area contributed by atoms with Gasteiger partial charge < -0.3 is 21.3 Å². The van der Waals surface area contributed by atoms with Crippen molar-refractivity contribution < 1.29 is 19.2 Å². The fraction of sp³-hybridized carbons (Fsp3) is 0.214. The second-order valence-electron chi connectivity index (χ2n) is 9.42. The summed E-state index contributed by atoms with van der Waals surface area (Å²) in [4.78, 5) is 38.5. The van der Waals surface area contributed by atoms with Gasteiger partial charge in [0, 0.05) is 65.8 Å². The molecule has 11 heteroatoms. The maximum Gasteiger partial charge on any atom is 0.443 e. The highest BCUT2D eigenvalue weighted by molar-refractivity contribution is 7.12. The molecule has 39 heavy (non-hydrogen) atoms. The molecule has 1 aromatic carbocycles. The highest BCUT2D eigenvalue weighted by Gasteiger charge is 2.28. The van der Waals surface area contributed by atoms with Crippen molar-refractivity contribution in [3.05, 3.63) is 82.0 Å². The first-order chi connectivity index (χ1) is 18.6. The molecule has 200 valence electrons. The fourth-order valence-corrected chi connectivity index (χ4v) is 4.72. The molecule has 0 spiro atoms. The van der Waals surface area contributed by atoms with Crippen molar-refractivity contribution in [2.45, 2.75) is 25.9 Å². The van der Waals surface area contributed by atoms with Crippen LogP contribution in [0.3, 0.4) is 0 Å². The number of aromatic nitrogens is 3. The highest BCUT2D eigenvalue weighted by Crippen LogP contribution is 2.31. The average Bonchev–Trinajstić information content (AvgIpc) is 2.92. The summed E-state index contributed by atoms with van der Waals surface area (Å²) < 4.78 is 6.38. The number of benzene rings is 1. The van der Waals surface area contributed by atoms with Gasteiger partial charge in [-0.2, -0.15) is 0 Å². The van der Waals surface area contributed by atoms with Crippen molar-refractivity contribution in [3.8, 4) is 27.4 Å². The molecule has 0 aliphatic rings. The SMILES string of the molecule is COC(=O)c1cncc(-c2cc(N)c(C=NCCC(C)(C)O)cc2-[n+]2c(-c3ccncc3)scc(N)c2=O)c1. The minimum absolute atomic E-state index is 0.0717. The molecule has 0 fully saturated rings. The van der Waals surface area contributed by atoms with Gasteiger partial charge in [-0.3, -0.25) is 15.0 Å². The molecule has 3 heterocycles. The van der Waals surface area contributed by atoms with Crippen LogP contribution in [0.1, 0.15) is 36.2 Å². The Morgan fingerprint density at radius 1 is 1.13 bits per heavy atom. The molecule has 0 saturated heterocycles. The van der Waals surface area contributed by atoms with Crippen molar-refractivity contribution in [2.75, 3.05) is 25.1 Å². The van der Waals surface area contributed by atoms with E-state index in [4.69, 9.17) is 16.2 Å². The first-order valence-electron chi connectivity index (χ1n) is 12.0. The topological polar surface area (TPSA) is 158 Å². The lowest BCUT2D eigenvalue weighted by molar-refractivity contribution is -0.594. The molecule has 0 bridgehead atoms. The third-order valence-electron chi connectivity index (χ3n) is 5.87. The number of anilines is 2.